The molecule has 1 aliphatic rings. The van der Waals surface area contributed by atoms with Gasteiger partial charge in [-0.2, -0.15) is 18.3 Å². The van der Waals surface area contributed by atoms with E-state index in [-0.39, 0.29) is 35.9 Å². The minimum absolute atomic E-state index is 0.0437. The fourth-order valence-electron chi connectivity index (χ4n) is 5.77. The molecule has 3 aromatic carbocycles. The molecule has 2 N–H and O–H groups in total. The van der Waals surface area contributed by atoms with Crippen molar-refractivity contribution in [2.45, 2.75) is 90.7 Å². The van der Waals surface area contributed by atoms with Gasteiger partial charge in [0.2, 0.25) is 0 Å². The predicted molar refractivity (Wildman–Crippen MR) is 197 cm³/mol. The number of alkyl halides is 6. The second-order valence-electron chi connectivity index (χ2n) is 15.5. The van der Waals surface area contributed by atoms with E-state index in [2.05, 4.69) is 20.5 Å². The van der Waals surface area contributed by atoms with Gasteiger partial charge in [-0.25, -0.2) is 14.3 Å². The Morgan fingerprint density at radius 1 is 0.825 bits per heavy atom. The first kappa shape index (κ1) is 42.4. The van der Waals surface area contributed by atoms with Crippen molar-refractivity contribution in [3.05, 3.63) is 107 Å². The van der Waals surface area contributed by atoms with Crippen LogP contribution in [0.25, 0.3) is 5.69 Å². The maximum atomic E-state index is 14.0. The van der Waals surface area contributed by atoms with E-state index in [1.165, 1.54) is 53.4 Å². The fraction of sp³-hybridized carbons (Fsp3) is 0.400. The van der Waals surface area contributed by atoms with Crippen LogP contribution < -0.4 is 15.4 Å². The average molecular weight is 804 g/mol. The third-order valence-electron chi connectivity index (χ3n) is 8.18. The number of amides is 3. The molecular formula is C40H43F6N5O6. The molecule has 11 nitrogen and oxygen atoms in total. The maximum Gasteiger partial charge on any atom is 0.573 e. The van der Waals surface area contributed by atoms with Gasteiger partial charge in [0.25, 0.3) is 5.91 Å². The van der Waals surface area contributed by atoms with E-state index in [0.29, 0.717) is 17.2 Å². The highest BCUT2D eigenvalue weighted by Gasteiger charge is 2.38. The number of rotatable bonds is 11. The molecule has 1 saturated carbocycles. The van der Waals surface area contributed by atoms with Gasteiger partial charge in [-0.1, -0.05) is 36.4 Å². The van der Waals surface area contributed by atoms with E-state index in [0.717, 1.165) is 29.7 Å². The van der Waals surface area contributed by atoms with Crippen molar-refractivity contribution in [2.75, 3.05) is 11.9 Å². The highest BCUT2D eigenvalue weighted by molar-refractivity contribution is 6.03. The summed E-state index contributed by atoms with van der Waals surface area (Å²) in [5.74, 6) is -1.40. The van der Waals surface area contributed by atoms with Crippen LogP contribution in [-0.4, -0.2) is 56.9 Å². The minimum Gasteiger partial charge on any atom is -0.444 e. The molecule has 0 saturated heterocycles. The number of hydrogen-bond donors (Lipinski definition) is 2. The number of ether oxygens (including phenoxy) is 3. The van der Waals surface area contributed by atoms with Crippen molar-refractivity contribution in [3.63, 3.8) is 0 Å². The number of anilines is 1. The summed E-state index contributed by atoms with van der Waals surface area (Å²) >= 11 is 0. The van der Waals surface area contributed by atoms with Crippen molar-refractivity contribution in [1.82, 2.24) is 20.0 Å². The van der Waals surface area contributed by atoms with Gasteiger partial charge in [0.1, 0.15) is 22.6 Å². The number of nitrogens with zero attached hydrogens (tertiary/aromatic N) is 3. The van der Waals surface area contributed by atoms with Crippen LogP contribution in [0.2, 0.25) is 0 Å². The zero-order valence-corrected chi connectivity index (χ0v) is 32.0. The van der Waals surface area contributed by atoms with Gasteiger partial charge in [-0.3, -0.25) is 9.69 Å². The van der Waals surface area contributed by atoms with E-state index in [9.17, 15) is 40.7 Å². The van der Waals surface area contributed by atoms with Gasteiger partial charge < -0.3 is 24.8 Å². The Labute approximate surface area is 325 Å². The van der Waals surface area contributed by atoms with E-state index >= 15 is 0 Å². The molecule has 1 fully saturated rings. The second-order valence-corrected chi connectivity index (χ2v) is 15.5. The second kappa shape index (κ2) is 16.4. The summed E-state index contributed by atoms with van der Waals surface area (Å²) in [5.41, 5.74) is -2.28. The summed E-state index contributed by atoms with van der Waals surface area (Å²) in [6.07, 6.45) is -9.72. The molecule has 0 radical (unpaired) electrons. The van der Waals surface area contributed by atoms with Crippen LogP contribution >= 0.6 is 0 Å². The standard InChI is InChI=1S/C40H43F6N5O6/c1-37(2,3)56-35(53)47-22-25-10-7-14-29(18-25)51-31(21-32(49-51)39(41,42)43)34(52)48-28-13-8-11-26(19-28)33(27-12-9-15-30(20-27)55-40(44,45)46)50(23-24-16-17-24)36(54)57-38(4,5)6/h7-15,18-21,24,33H,16-17,22-23H2,1-6H3,(H,47,53)(H,48,52). The van der Waals surface area contributed by atoms with Crippen molar-refractivity contribution >= 4 is 23.8 Å². The van der Waals surface area contributed by atoms with Crippen LogP contribution in [0.15, 0.2) is 78.9 Å². The molecular weight excluding hydrogens is 760 g/mol. The van der Waals surface area contributed by atoms with Gasteiger partial charge in [0.05, 0.1) is 11.7 Å². The lowest BCUT2D eigenvalue weighted by Crippen LogP contribution is -2.41. The van der Waals surface area contributed by atoms with E-state index < -0.39 is 65.0 Å². The van der Waals surface area contributed by atoms with Crippen LogP contribution in [-0.2, 0) is 22.2 Å². The number of halogens is 6. The molecule has 0 spiro atoms. The molecule has 0 bridgehead atoms. The number of carbonyl (C=O) groups excluding carboxylic acids is 3. The largest absolute Gasteiger partial charge is 0.573 e. The molecule has 4 aromatic rings. The molecule has 0 aliphatic heterocycles. The zero-order valence-electron chi connectivity index (χ0n) is 32.0. The fourth-order valence-corrected chi connectivity index (χ4v) is 5.77. The Morgan fingerprint density at radius 3 is 2.07 bits per heavy atom. The monoisotopic (exact) mass is 803 g/mol. The van der Waals surface area contributed by atoms with Gasteiger partial charge in [-0.15, -0.1) is 13.2 Å². The SMILES string of the molecule is CC(C)(C)OC(=O)NCc1cccc(-n2nc(C(F)(F)F)cc2C(=O)Nc2cccc(C(c3cccc(OC(F)(F)F)c3)N(CC3CC3)C(=O)OC(C)(C)C)c2)c1. The van der Waals surface area contributed by atoms with E-state index in [4.69, 9.17) is 9.47 Å². The Balaban J connectivity index is 1.50. The summed E-state index contributed by atoms with van der Waals surface area (Å²) in [5, 5.41) is 8.87. The lowest BCUT2D eigenvalue weighted by molar-refractivity contribution is -0.274. The molecule has 17 heteroatoms. The number of hydrogen-bond acceptors (Lipinski definition) is 7. The average Bonchev–Trinajstić information content (AvgIpc) is 3.77. The molecule has 1 heterocycles. The Bertz CT molecular complexity index is 2080. The predicted octanol–water partition coefficient (Wildman–Crippen LogP) is 9.80. The minimum atomic E-state index is -4.99. The number of nitrogens with one attached hydrogen (secondary N) is 2. The van der Waals surface area contributed by atoms with E-state index in [1.54, 1.807) is 53.7 Å². The third kappa shape index (κ3) is 12.4. The normalized spacial score (nSPS) is 14.0. The van der Waals surface area contributed by atoms with Crippen LogP contribution in [0.3, 0.4) is 0 Å². The van der Waals surface area contributed by atoms with Crippen LogP contribution in [0.4, 0.5) is 41.6 Å². The quantitative estimate of drug-likeness (QED) is 0.145. The number of benzene rings is 3. The lowest BCUT2D eigenvalue weighted by atomic mass is 9.96. The number of carbonyl (C=O) groups is 3. The van der Waals surface area contributed by atoms with Crippen molar-refractivity contribution in [1.29, 1.82) is 0 Å². The first-order valence-electron chi connectivity index (χ1n) is 17.9. The highest BCUT2D eigenvalue weighted by Crippen LogP contribution is 2.39. The molecule has 3 amide bonds. The smallest absolute Gasteiger partial charge is 0.444 e. The number of alkyl carbamates (subject to hydrolysis) is 1. The molecule has 5 rings (SSSR count). The van der Waals surface area contributed by atoms with E-state index in [1.807, 2.05) is 0 Å². The van der Waals surface area contributed by atoms with Crippen LogP contribution in [0, 0.1) is 5.92 Å². The first-order chi connectivity index (χ1) is 26.4. The molecule has 57 heavy (non-hydrogen) atoms. The van der Waals surface area contributed by atoms with Gasteiger partial charge in [-0.05, 0) is 113 Å². The lowest BCUT2D eigenvalue weighted by Gasteiger charge is -2.34. The van der Waals surface area contributed by atoms with Crippen LogP contribution in [0.1, 0.15) is 93.3 Å². The number of aromatic nitrogens is 2. The topological polar surface area (TPSA) is 124 Å². The van der Waals surface area contributed by atoms with Gasteiger partial charge in [0, 0.05) is 24.8 Å². The third-order valence-corrected chi connectivity index (χ3v) is 8.18. The van der Waals surface area contributed by atoms with Crippen molar-refractivity contribution in [2.24, 2.45) is 5.92 Å². The summed E-state index contributed by atoms with van der Waals surface area (Å²) in [4.78, 5) is 41.2. The van der Waals surface area contributed by atoms with Crippen molar-refractivity contribution < 1.29 is 54.9 Å². The zero-order chi connectivity index (χ0) is 41.9. The molecule has 1 unspecified atom stereocenters. The first-order valence-corrected chi connectivity index (χ1v) is 17.9. The van der Waals surface area contributed by atoms with Gasteiger partial charge in [0.15, 0.2) is 5.69 Å². The Kier molecular flexibility index (Phi) is 12.2. The summed E-state index contributed by atoms with van der Waals surface area (Å²) in [6, 6.07) is 16.8. The molecule has 1 atom stereocenters. The van der Waals surface area contributed by atoms with Crippen molar-refractivity contribution in [3.8, 4) is 11.4 Å². The highest BCUT2D eigenvalue weighted by atomic mass is 19.4. The Hall–Kier alpha value is -5.74. The van der Waals surface area contributed by atoms with Crippen LogP contribution in [0.5, 0.6) is 5.75 Å². The summed E-state index contributed by atoms with van der Waals surface area (Å²) in [6.45, 7) is 10.3. The molecule has 1 aliphatic carbocycles. The molecule has 1 aromatic heterocycles. The summed E-state index contributed by atoms with van der Waals surface area (Å²) < 4.78 is 97.7. The molecule has 306 valence electrons. The van der Waals surface area contributed by atoms with Gasteiger partial charge >= 0.3 is 24.7 Å². The maximum absolute atomic E-state index is 14.0. The summed E-state index contributed by atoms with van der Waals surface area (Å²) in [7, 11) is 0. The Morgan fingerprint density at radius 2 is 1.46 bits per heavy atom.